The van der Waals surface area contributed by atoms with Gasteiger partial charge in [0.2, 0.25) is 5.91 Å². The van der Waals surface area contributed by atoms with Crippen LogP contribution in [0.15, 0.2) is 34.9 Å². The second kappa shape index (κ2) is 9.55. The highest BCUT2D eigenvalue weighted by Crippen LogP contribution is 2.34. The number of hydrogen-bond acceptors (Lipinski definition) is 3. The first-order chi connectivity index (χ1) is 15.4. The molecular weight excluding hydrogens is 402 g/mol. The van der Waals surface area contributed by atoms with E-state index in [9.17, 15) is 9.59 Å². The van der Waals surface area contributed by atoms with E-state index in [2.05, 4.69) is 19.2 Å². The van der Waals surface area contributed by atoms with E-state index >= 15 is 0 Å². The molecule has 174 valence electrons. The fraction of sp³-hybridized carbons (Fsp3) is 0.615. The molecule has 0 bridgehead atoms. The third kappa shape index (κ3) is 4.50. The summed E-state index contributed by atoms with van der Waals surface area (Å²) < 4.78 is 7.58. The summed E-state index contributed by atoms with van der Waals surface area (Å²) in [4.78, 5) is 29.2. The van der Waals surface area contributed by atoms with E-state index < -0.39 is 5.54 Å². The predicted molar refractivity (Wildman–Crippen MR) is 125 cm³/mol. The summed E-state index contributed by atoms with van der Waals surface area (Å²) in [6.07, 6.45) is 10.6. The van der Waals surface area contributed by atoms with Gasteiger partial charge in [-0.25, -0.2) is 0 Å². The van der Waals surface area contributed by atoms with Crippen LogP contribution in [0.2, 0.25) is 0 Å². The molecule has 2 amide bonds. The van der Waals surface area contributed by atoms with Gasteiger partial charge in [0.15, 0.2) is 0 Å². The molecular formula is C26H37N3O3. The highest BCUT2D eigenvalue weighted by atomic mass is 16.3. The van der Waals surface area contributed by atoms with E-state index in [0.29, 0.717) is 30.5 Å². The molecule has 2 aromatic heterocycles. The Labute approximate surface area is 191 Å². The topological polar surface area (TPSA) is 67.5 Å². The van der Waals surface area contributed by atoms with Gasteiger partial charge < -0.3 is 19.2 Å². The maximum atomic E-state index is 13.8. The van der Waals surface area contributed by atoms with Crippen molar-refractivity contribution in [1.82, 2.24) is 14.8 Å². The number of aromatic nitrogens is 1. The average Bonchev–Trinajstić information content (AvgIpc) is 3.39. The molecule has 1 N–H and O–H groups in total. The Morgan fingerprint density at radius 1 is 1.12 bits per heavy atom. The Morgan fingerprint density at radius 3 is 2.47 bits per heavy atom. The lowest BCUT2D eigenvalue weighted by Gasteiger charge is -2.45. The van der Waals surface area contributed by atoms with Gasteiger partial charge in [0.25, 0.3) is 5.91 Å². The van der Waals surface area contributed by atoms with Crippen LogP contribution in [0.4, 0.5) is 0 Å². The molecule has 0 radical (unpaired) electrons. The molecule has 3 heterocycles. The van der Waals surface area contributed by atoms with Gasteiger partial charge in [-0.15, -0.1) is 0 Å². The number of carbonyl (C=O) groups is 2. The quantitative estimate of drug-likeness (QED) is 0.669. The molecule has 1 saturated carbocycles. The van der Waals surface area contributed by atoms with Crippen molar-refractivity contribution in [3.63, 3.8) is 0 Å². The Kier molecular flexibility index (Phi) is 6.77. The number of nitrogens with one attached hydrogen (secondary N) is 1. The fourth-order valence-corrected chi connectivity index (χ4v) is 5.09. The zero-order valence-corrected chi connectivity index (χ0v) is 19.7. The number of amides is 2. The van der Waals surface area contributed by atoms with Gasteiger partial charge in [0, 0.05) is 12.6 Å². The molecule has 0 spiro atoms. The van der Waals surface area contributed by atoms with E-state index in [1.807, 2.05) is 40.7 Å². The van der Waals surface area contributed by atoms with Crippen molar-refractivity contribution in [3.8, 4) is 11.5 Å². The van der Waals surface area contributed by atoms with Crippen LogP contribution >= 0.6 is 0 Å². The Balaban J connectivity index is 1.64. The molecule has 1 atom stereocenters. The van der Waals surface area contributed by atoms with Crippen molar-refractivity contribution in [3.05, 3.63) is 36.2 Å². The maximum absolute atomic E-state index is 13.8. The van der Waals surface area contributed by atoms with E-state index in [1.54, 1.807) is 6.26 Å². The van der Waals surface area contributed by atoms with E-state index in [-0.39, 0.29) is 17.9 Å². The number of nitrogens with zero attached hydrogens (tertiary/aromatic N) is 2. The summed E-state index contributed by atoms with van der Waals surface area (Å²) in [5.74, 6) is 1.05. The lowest BCUT2D eigenvalue weighted by Crippen LogP contribution is -2.65. The molecule has 4 rings (SSSR count). The summed E-state index contributed by atoms with van der Waals surface area (Å²) >= 11 is 0. The normalized spacial score (nSPS) is 22.5. The first-order valence-corrected chi connectivity index (χ1v) is 12.3. The largest absolute Gasteiger partial charge is 0.463 e. The molecule has 1 aliphatic heterocycles. The summed E-state index contributed by atoms with van der Waals surface area (Å²) in [6.45, 7) is 7.23. The second-order valence-electron chi connectivity index (χ2n) is 10.1. The maximum Gasteiger partial charge on any atom is 0.271 e. The zero-order chi connectivity index (χ0) is 22.7. The molecule has 0 aromatic carbocycles. The highest BCUT2D eigenvalue weighted by molar-refractivity contribution is 6.00. The smallest absolute Gasteiger partial charge is 0.271 e. The lowest BCUT2D eigenvalue weighted by molar-refractivity contribution is -0.133. The number of hydrogen-bond donors (Lipinski definition) is 1. The van der Waals surface area contributed by atoms with Crippen molar-refractivity contribution in [2.24, 2.45) is 5.92 Å². The van der Waals surface area contributed by atoms with Crippen molar-refractivity contribution < 1.29 is 14.0 Å². The van der Waals surface area contributed by atoms with Gasteiger partial charge in [-0.2, -0.15) is 0 Å². The molecule has 2 aliphatic rings. The lowest BCUT2D eigenvalue weighted by atomic mass is 9.91. The number of rotatable bonds is 6. The first kappa shape index (κ1) is 22.7. The van der Waals surface area contributed by atoms with Crippen LogP contribution in [0, 0.1) is 5.92 Å². The summed E-state index contributed by atoms with van der Waals surface area (Å²) in [7, 11) is 0. The minimum atomic E-state index is -0.943. The minimum Gasteiger partial charge on any atom is -0.463 e. The highest BCUT2D eigenvalue weighted by Gasteiger charge is 2.48. The van der Waals surface area contributed by atoms with E-state index in [0.717, 1.165) is 37.8 Å². The zero-order valence-electron chi connectivity index (χ0n) is 19.7. The standard InChI is InChI=1S/C26H37N3O3/c1-19(2)15-16-29-24(30)22-14-13-21(23-12-9-17-32-23)28(22)18-26(29,3)25(31)27-20-10-7-5-4-6-8-11-20/h9,12-14,17,19-20H,4-8,10-11,15-16,18H2,1-3H3,(H,27,31). The molecule has 1 unspecified atom stereocenters. The third-order valence-electron chi connectivity index (χ3n) is 7.14. The fourth-order valence-electron chi connectivity index (χ4n) is 5.09. The van der Waals surface area contributed by atoms with Crippen molar-refractivity contribution in [2.45, 2.75) is 90.3 Å². The van der Waals surface area contributed by atoms with Crippen LogP contribution in [0.3, 0.4) is 0 Å². The van der Waals surface area contributed by atoms with Crippen LogP contribution in [0.1, 0.15) is 82.6 Å². The SMILES string of the molecule is CC(C)CCN1C(=O)c2ccc(-c3ccco3)n2CC1(C)C(=O)NC1CCCCCCC1. The third-order valence-corrected chi connectivity index (χ3v) is 7.14. The Morgan fingerprint density at radius 2 is 1.81 bits per heavy atom. The van der Waals surface area contributed by atoms with Crippen LogP contribution < -0.4 is 5.32 Å². The molecule has 0 saturated heterocycles. The summed E-state index contributed by atoms with van der Waals surface area (Å²) in [6, 6.07) is 7.71. The number of furan rings is 1. The Bertz CT molecular complexity index is 922. The van der Waals surface area contributed by atoms with E-state index in [1.165, 1.54) is 19.3 Å². The molecule has 6 heteroatoms. The molecule has 1 fully saturated rings. The van der Waals surface area contributed by atoms with Gasteiger partial charge in [0.05, 0.1) is 18.5 Å². The van der Waals surface area contributed by atoms with Gasteiger partial charge in [0.1, 0.15) is 17.0 Å². The molecule has 6 nitrogen and oxygen atoms in total. The first-order valence-electron chi connectivity index (χ1n) is 12.3. The molecule has 32 heavy (non-hydrogen) atoms. The summed E-state index contributed by atoms with van der Waals surface area (Å²) in [5, 5.41) is 3.34. The number of carbonyl (C=O) groups excluding carboxylic acids is 2. The molecule has 2 aromatic rings. The monoisotopic (exact) mass is 439 g/mol. The Hall–Kier alpha value is -2.50. The van der Waals surface area contributed by atoms with Crippen molar-refractivity contribution in [2.75, 3.05) is 6.54 Å². The van der Waals surface area contributed by atoms with Gasteiger partial charge in [-0.3, -0.25) is 9.59 Å². The van der Waals surface area contributed by atoms with Crippen LogP contribution in [0.25, 0.3) is 11.5 Å². The van der Waals surface area contributed by atoms with Crippen molar-refractivity contribution >= 4 is 11.8 Å². The minimum absolute atomic E-state index is 0.0371. The average molecular weight is 440 g/mol. The second-order valence-corrected chi connectivity index (χ2v) is 10.1. The van der Waals surface area contributed by atoms with Crippen LogP contribution in [-0.2, 0) is 11.3 Å². The van der Waals surface area contributed by atoms with Crippen molar-refractivity contribution in [1.29, 1.82) is 0 Å². The van der Waals surface area contributed by atoms with Crippen LogP contribution in [0.5, 0.6) is 0 Å². The summed E-state index contributed by atoms with van der Waals surface area (Å²) in [5.41, 5.74) is 0.519. The number of fused-ring (bicyclic) bond motifs is 1. The van der Waals surface area contributed by atoms with Gasteiger partial charge in [-0.1, -0.05) is 46.0 Å². The van der Waals surface area contributed by atoms with Gasteiger partial charge >= 0.3 is 0 Å². The van der Waals surface area contributed by atoms with Crippen LogP contribution in [-0.4, -0.2) is 39.4 Å². The predicted octanol–water partition coefficient (Wildman–Crippen LogP) is 5.24. The van der Waals surface area contributed by atoms with Gasteiger partial charge in [-0.05, 0) is 56.4 Å². The molecule has 1 aliphatic carbocycles. The van der Waals surface area contributed by atoms with E-state index in [4.69, 9.17) is 4.42 Å².